The number of carbonyl (C=O) groups is 1. The van der Waals surface area contributed by atoms with Gasteiger partial charge in [0, 0.05) is 6.61 Å². The molecule has 0 unspecified atom stereocenters. The van der Waals surface area contributed by atoms with E-state index in [0.717, 1.165) is 57.5 Å². The van der Waals surface area contributed by atoms with Crippen molar-refractivity contribution >= 4 is 5.97 Å². The van der Waals surface area contributed by atoms with Crippen molar-refractivity contribution in [2.75, 3.05) is 6.61 Å². The Bertz CT molecular complexity index is 313. The zero-order valence-corrected chi connectivity index (χ0v) is 14.5. The lowest BCUT2D eigenvalue weighted by Crippen LogP contribution is -2.32. The van der Waals surface area contributed by atoms with Gasteiger partial charge in [0.1, 0.15) is 6.10 Å². The van der Waals surface area contributed by atoms with Gasteiger partial charge in [0.2, 0.25) is 0 Å². The number of hydrogen-bond acceptors (Lipinski definition) is 3. The Hall–Kier alpha value is -0.570. The van der Waals surface area contributed by atoms with Gasteiger partial charge in [-0.1, -0.05) is 26.7 Å². The average Bonchev–Trinajstić information content (AvgIpc) is 2.57. The van der Waals surface area contributed by atoms with Crippen LogP contribution in [0.5, 0.6) is 0 Å². The van der Waals surface area contributed by atoms with E-state index in [0.29, 0.717) is 6.10 Å². The van der Waals surface area contributed by atoms with Crippen LogP contribution in [-0.2, 0) is 14.3 Å². The molecule has 0 amide bonds. The molecule has 2 rings (SSSR count). The van der Waals surface area contributed by atoms with Crippen LogP contribution >= 0.6 is 0 Å². The van der Waals surface area contributed by atoms with Crippen LogP contribution in [0.2, 0.25) is 0 Å². The topological polar surface area (TPSA) is 35.5 Å². The molecule has 0 saturated heterocycles. The van der Waals surface area contributed by atoms with Crippen molar-refractivity contribution in [1.82, 2.24) is 0 Å². The molecule has 0 aromatic carbocycles. The largest absolute Gasteiger partial charge is 0.462 e. The third-order valence-electron chi connectivity index (χ3n) is 5.51. The van der Waals surface area contributed by atoms with Gasteiger partial charge in [0.05, 0.1) is 12.0 Å². The van der Waals surface area contributed by atoms with Crippen molar-refractivity contribution in [3.05, 3.63) is 0 Å². The summed E-state index contributed by atoms with van der Waals surface area (Å²) in [6, 6.07) is 0. The third kappa shape index (κ3) is 5.57. The predicted octanol–water partition coefficient (Wildman–Crippen LogP) is 4.87. The van der Waals surface area contributed by atoms with E-state index < -0.39 is 0 Å². The van der Waals surface area contributed by atoms with E-state index in [4.69, 9.17) is 9.47 Å². The molecule has 0 atom stereocenters. The van der Waals surface area contributed by atoms with Gasteiger partial charge < -0.3 is 9.47 Å². The Morgan fingerprint density at radius 1 is 0.909 bits per heavy atom. The van der Waals surface area contributed by atoms with Crippen molar-refractivity contribution in [3.8, 4) is 0 Å². The van der Waals surface area contributed by atoms with Crippen LogP contribution in [0.3, 0.4) is 0 Å². The summed E-state index contributed by atoms with van der Waals surface area (Å²) in [4.78, 5) is 12.3. The van der Waals surface area contributed by atoms with Crippen LogP contribution in [0.4, 0.5) is 0 Å². The summed E-state index contributed by atoms with van der Waals surface area (Å²) in [5.74, 6) is 1.07. The molecular weight excluding hydrogens is 276 g/mol. The summed E-state index contributed by atoms with van der Waals surface area (Å²) in [7, 11) is 0. The summed E-state index contributed by atoms with van der Waals surface area (Å²) in [5, 5.41) is 0. The van der Waals surface area contributed by atoms with Crippen molar-refractivity contribution < 1.29 is 14.3 Å². The zero-order chi connectivity index (χ0) is 15.8. The number of hydrogen-bond donors (Lipinski definition) is 0. The smallest absolute Gasteiger partial charge is 0.309 e. The van der Waals surface area contributed by atoms with Crippen LogP contribution < -0.4 is 0 Å². The van der Waals surface area contributed by atoms with Crippen molar-refractivity contribution in [1.29, 1.82) is 0 Å². The van der Waals surface area contributed by atoms with Gasteiger partial charge in [-0.2, -0.15) is 0 Å². The summed E-state index contributed by atoms with van der Waals surface area (Å²) in [5.41, 5.74) is 0. The van der Waals surface area contributed by atoms with E-state index in [2.05, 4.69) is 13.8 Å². The maximum Gasteiger partial charge on any atom is 0.309 e. The molecule has 3 heteroatoms. The van der Waals surface area contributed by atoms with Crippen LogP contribution in [0.1, 0.15) is 84.5 Å². The highest BCUT2D eigenvalue weighted by atomic mass is 16.5. The van der Waals surface area contributed by atoms with E-state index in [9.17, 15) is 4.79 Å². The minimum Gasteiger partial charge on any atom is -0.462 e. The molecule has 0 spiro atoms. The lowest BCUT2D eigenvalue weighted by molar-refractivity contribution is -0.158. The average molecular weight is 310 g/mol. The summed E-state index contributed by atoms with van der Waals surface area (Å²) in [6.07, 6.45) is 12.6. The Morgan fingerprint density at radius 3 is 2.14 bits per heavy atom. The first-order valence-corrected chi connectivity index (χ1v) is 9.55. The first-order valence-electron chi connectivity index (χ1n) is 9.55. The minimum atomic E-state index is 0.0740. The molecule has 0 aromatic rings. The predicted molar refractivity (Wildman–Crippen MR) is 88.7 cm³/mol. The first-order chi connectivity index (χ1) is 10.7. The lowest BCUT2D eigenvalue weighted by Gasteiger charge is -2.31. The van der Waals surface area contributed by atoms with Crippen LogP contribution in [0.15, 0.2) is 0 Å². The number of esters is 1. The van der Waals surface area contributed by atoms with Crippen molar-refractivity contribution in [2.24, 2.45) is 11.8 Å². The third-order valence-corrected chi connectivity index (χ3v) is 5.51. The molecular formula is C19H34O3. The number of carbonyl (C=O) groups excluding carboxylic acids is 1. The fraction of sp³-hybridized carbons (Fsp3) is 0.947. The van der Waals surface area contributed by atoms with Crippen molar-refractivity contribution in [2.45, 2.75) is 96.7 Å². The van der Waals surface area contributed by atoms with Gasteiger partial charge in [-0.25, -0.2) is 0 Å². The van der Waals surface area contributed by atoms with E-state index >= 15 is 0 Å². The Labute approximate surface area is 136 Å². The molecule has 0 aliphatic heterocycles. The number of ether oxygens (including phenoxy) is 2. The molecule has 2 fully saturated rings. The molecule has 0 radical (unpaired) electrons. The molecule has 0 aromatic heterocycles. The quantitative estimate of drug-likeness (QED) is 0.497. The van der Waals surface area contributed by atoms with Crippen LogP contribution in [-0.4, -0.2) is 24.8 Å². The molecule has 2 aliphatic rings. The summed E-state index contributed by atoms with van der Waals surface area (Å²) < 4.78 is 11.7. The number of rotatable bonds is 7. The van der Waals surface area contributed by atoms with Gasteiger partial charge in [-0.15, -0.1) is 0 Å². The Morgan fingerprint density at radius 2 is 1.55 bits per heavy atom. The minimum absolute atomic E-state index is 0.0740. The second kappa shape index (κ2) is 9.54. The highest BCUT2D eigenvalue weighted by Crippen LogP contribution is 2.32. The van der Waals surface area contributed by atoms with Crippen molar-refractivity contribution in [3.63, 3.8) is 0 Å². The Kier molecular flexibility index (Phi) is 7.71. The van der Waals surface area contributed by atoms with Gasteiger partial charge in [-0.05, 0) is 63.7 Å². The zero-order valence-electron chi connectivity index (χ0n) is 14.5. The molecule has 2 saturated carbocycles. The second-order valence-electron chi connectivity index (χ2n) is 7.19. The molecule has 22 heavy (non-hydrogen) atoms. The Balaban J connectivity index is 1.62. The maximum absolute atomic E-state index is 12.3. The molecule has 2 aliphatic carbocycles. The van der Waals surface area contributed by atoms with Gasteiger partial charge >= 0.3 is 5.97 Å². The van der Waals surface area contributed by atoms with Gasteiger partial charge in [0.15, 0.2) is 0 Å². The first kappa shape index (κ1) is 17.8. The molecule has 0 heterocycles. The lowest BCUT2D eigenvalue weighted by atomic mass is 9.81. The molecule has 3 nitrogen and oxygen atoms in total. The standard InChI is InChI=1S/C19H34O3/c1-3-5-14-21-17-10-12-18(13-11-17)22-19(20)16-8-6-15(4-2)7-9-16/h15-18H,3-14H2,1-2H3. The highest BCUT2D eigenvalue weighted by molar-refractivity contribution is 5.72. The van der Waals surface area contributed by atoms with Gasteiger partial charge in [0.25, 0.3) is 0 Å². The summed E-state index contributed by atoms with van der Waals surface area (Å²) in [6.45, 7) is 5.32. The fourth-order valence-electron chi connectivity index (χ4n) is 3.78. The normalized spacial score (nSPS) is 32.6. The van der Waals surface area contributed by atoms with E-state index in [1.807, 2.05) is 0 Å². The van der Waals surface area contributed by atoms with Crippen LogP contribution in [0.25, 0.3) is 0 Å². The summed E-state index contributed by atoms with van der Waals surface area (Å²) >= 11 is 0. The molecule has 128 valence electrons. The monoisotopic (exact) mass is 310 g/mol. The van der Waals surface area contributed by atoms with Gasteiger partial charge in [-0.3, -0.25) is 4.79 Å². The van der Waals surface area contributed by atoms with E-state index in [1.165, 1.54) is 25.7 Å². The van der Waals surface area contributed by atoms with Crippen LogP contribution in [0, 0.1) is 11.8 Å². The highest BCUT2D eigenvalue weighted by Gasteiger charge is 2.30. The molecule has 0 N–H and O–H groups in total. The van der Waals surface area contributed by atoms with E-state index in [1.54, 1.807) is 0 Å². The SMILES string of the molecule is CCCCOC1CCC(OC(=O)C2CCC(CC)CC2)CC1. The second-order valence-corrected chi connectivity index (χ2v) is 7.19. The number of unbranched alkanes of at least 4 members (excludes halogenated alkanes) is 1. The fourth-order valence-corrected chi connectivity index (χ4v) is 3.78. The molecule has 0 bridgehead atoms. The maximum atomic E-state index is 12.3. The van der Waals surface area contributed by atoms with E-state index in [-0.39, 0.29) is 18.0 Å².